The van der Waals surface area contributed by atoms with Crippen molar-refractivity contribution in [1.82, 2.24) is 0 Å². The summed E-state index contributed by atoms with van der Waals surface area (Å²) in [5, 5.41) is 0. The molecule has 64 valence electrons. The molecule has 2 N–H and O–H groups in total. The van der Waals surface area contributed by atoms with Crippen molar-refractivity contribution in [2.75, 3.05) is 6.54 Å². The number of hydrogen-bond acceptors (Lipinski definition) is 1. The van der Waals surface area contributed by atoms with Crippen LogP contribution in [0.3, 0.4) is 0 Å². The van der Waals surface area contributed by atoms with Crippen molar-refractivity contribution in [3.05, 3.63) is 0 Å². The van der Waals surface area contributed by atoms with Crippen LogP contribution in [0.25, 0.3) is 0 Å². The molecule has 0 bridgehead atoms. The minimum absolute atomic E-state index is 0.911. The van der Waals surface area contributed by atoms with Crippen LogP contribution in [0.1, 0.15) is 38.5 Å². The average Bonchev–Trinajstić information content (AvgIpc) is 2.61. The first-order valence-corrected chi connectivity index (χ1v) is 5.12. The Kier molecular flexibility index (Phi) is 2.17. The number of rotatable bonds is 3. The number of nitrogens with two attached hydrogens (primary N) is 1. The maximum absolute atomic E-state index is 5.53. The van der Waals surface area contributed by atoms with Gasteiger partial charge in [0.2, 0.25) is 0 Å². The molecular weight excluding hydrogens is 134 g/mol. The normalized spacial score (nSPS) is 37.9. The van der Waals surface area contributed by atoms with Gasteiger partial charge in [-0.1, -0.05) is 25.7 Å². The van der Waals surface area contributed by atoms with Crippen LogP contribution in [0.4, 0.5) is 0 Å². The van der Waals surface area contributed by atoms with Crippen LogP contribution in [0.15, 0.2) is 0 Å². The first-order chi connectivity index (χ1) is 5.42. The Balaban J connectivity index is 1.72. The van der Waals surface area contributed by atoms with Gasteiger partial charge in [-0.15, -0.1) is 0 Å². The maximum Gasteiger partial charge on any atom is -0.00745 e. The molecule has 0 aromatic heterocycles. The van der Waals surface area contributed by atoms with Crippen molar-refractivity contribution in [3.63, 3.8) is 0 Å². The van der Waals surface area contributed by atoms with Crippen molar-refractivity contribution < 1.29 is 0 Å². The molecule has 11 heavy (non-hydrogen) atoms. The van der Waals surface area contributed by atoms with Gasteiger partial charge in [0.25, 0.3) is 0 Å². The van der Waals surface area contributed by atoms with Crippen LogP contribution in [0, 0.1) is 17.8 Å². The highest BCUT2D eigenvalue weighted by Crippen LogP contribution is 2.51. The van der Waals surface area contributed by atoms with E-state index in [9.17, 15) is 0 Å². The molecule has 1 nitrogen and oxygen atoms in total. The summed E-state index contributed by atoms with van der Waals surface area (Å²) in [6.07, 6.45) is 8.83. The van der Waals surface area contributed by atoms with Crippen molar-refractivity contribution in [1.29, 1.82) is 0 Å². The van der Waals surface area contributed by atoms with E-state index in [1.807, 2.05) is 0 Å². The maximum atomic E-state index is 5.53. The summed E-state index contributed by atoms with van der Waals surface area (Å²) in [7, 11) is 0. The highest BCUT2D eigenvalue weighted by atomic mass is 14.6. The largest absolute Gasteiger partial charge is 0.330 e. The SMILES string of the molecule is NCCC1CC1C1CCCC1. The summed E-state index contributed by atoms with van der Waals surface area (Å²) in [5.74, 6) is 3.23. The second-order valence-corrected chi connectivity index (χ2v) is 4.28. The summed E-state index contributed by atoms with van der Waals surface area (Å²) >= 11 is 0. The quantitative estimate of drug-likeness (QED) is 0.660. The topological polar surface area (TPSA) is 26.0 Å². The van der Waals surface area contributed by atoms with Crippen LogP contribution < -0.4 is 5.73 Å². The van der Waals surface area contributed by atoms with Crippen molar-refractivity contribution in [2.24, 2.45) is 23.5 Å². The molecule has 2 rings (SSSR count). The second kappa shape index (κ2) is 3.14. The lowest BCUT2D eigenvalue weighted by Gasteiger charge is -2.06. The zero-order valence-corrected chi connectivity index (χ0v) is 7.26. The van der Waals surface area contributed by atoms with Crippen LogP contribution >= 0.6 is 0 Å². The fourth-order valence-corrected chi connectivity index (χ4v) is 2.78. The standard InChI is InChI=1S/C10H19N/c11-6-5-9-7-10(9)8-3-1-2-4-8/h8-10H,1-7,11H2. The predicted octanol–water partition coefficient (Wildman–Crippen LogP) is 2.16. The molecule has 1 heteroatoms. The first-order valence-electron chi connectivity index (χ1n) is 5.12. The third-order valence-electron chi connectivity index (χ3n) is 3.52. The molecule has 2 unspecified atom stereocenters. The van der Waals surface area contributed by atoms with Gasteiger partial charge >= 0.3 is 0 Å². The smallest absolute Gasteiger partial charge is 0.00745 e. The van der Waals surface area contributed by atoms with Crippen LogP contribution in [-0.4, -0.2) is 6.54 Å². The van der Waals surface area contributed by atoms with Gasteiger partial charge < -0.3 is 5.73 Å². The lowest BCUT2D eigenvalue weighted by atomic mass is 10.00. The molecule has 2 atom stereocenters. The van der Waals surface area contributed by atoms with Gasteiger partial charge in [0.1, 0.15) is 0 Å². The zero-order chi connectivity index (χ0) is 7.68. The van der Waals surface area contributed by atoms with E-state index >= 15 is 0 Å². The summed E-state index contributed by atoms with van der Waals surface area (Å²) < 4.78 is 0. The van der Waals surface area contributed by atoms with Gasteiger partial charge in [-0.3, -0.25) is 0 Å². The molecule has 2 aliphatic carbocycles. The van der Waals surface area contributed by atoms with Gasteiger partial charge in [-0.25, -0.2) is 0 Å². The zero-order valence-electron chi connectivity index (χ0n) is 7.26. The van der Waals surface area contributed by atoms with Crippen LogP contribution in [0.5, 0.6) is 0 Å². The van der Waals surface area contributed by atoms with E-state index < -0.39 is 0 Å². The molecule has 2 fully saturated rings. The fourth-order valence-electron chi connectivity index (χ4n) is 2.78. The summed E-state index contributed by atoms with van der Waals surface area (Å²) in [6.45, 7) is 0.911. The molecule has 0 saturated heterocycles. The highest BCUT2D eigenvalue weighted by molar-refractivity contribution is 4.92. The molecule has 0 aromatic carbocycles. The minimum atomic E-state index is 0.911. The van der Waals surface area contributed by atoms with E-state index in [-0.39, 0.29) is 0 Å². The summed E-state index contributed by atoms with van der Waals surface area (Å²) in [6, 6.07) is 0. The van der Waals surface area contributed by atoms with Gasteiger partial charge in [0.15, 0.2) is 0 Å². The van der Waals surface area contributed by atoms with E-state index in [1.165, 1.54) is 38.5 Å². The first kappa shape index (κ1) is 7.60. The molecule has 0 radical (unpaired) electrons. The monoisotopic (exact) mass is 153 g/mol. The van der Waals surface area contributed by atoms with Crippen LogP contribution in [0.2, 0.25) is 0 Å². The van der Waals surface area contributed by atoms with Gasteiger partial charge in [0, 0.05) is 0 Å². The van der Waals surface area contributed by atoms with Gasteiger partial charge in [0.05, 0.1) is 0 Å². The highest BCUT2D eigenvalue weighted by Gasteiger charge is 2.42. The van der Waals surface area contributed by atoms with E-state index in [0.29, 0.717) is 0 Å². The fraction of sp³-hybridized carbons (Fsp3) is 1.00. The molecule has 0 spiro atoms. The lowest BCUT2D eigenvalue weighted by molar-refractivity contribution is 0.442. The third kappa shape index (κ3) is 1.58. The summed E-state index contributed by atoms with van der Waals surface area (Å²) in [4.78, 5) is 0. The van der Waals surface area contributed by atoms with Crippen molar-refractivity contribution >= 4 is 0 Å². The van der Waals surface area contributed by atoms with Gasteiger partial charge in [-0.05, 0) is 37.1 Å². The Bertz CT molecular complexity index is 127. The molecule has 2 aliphatic rings. The molecule has 0 heterocycles. The minimum Gasteiger partial charge on any atom is -0.330 e. The molecule has 2 saturated carbocycles. The number of hydrogen-bond donors (Lipinski definition) is 1. The average molecular weight is 153 g/mol. The Labute approximate surface area is 69.4 Å². The Morgan fingerprint density at radius 3 is 2.55 bits per heavy atom. The second-order valence-electron chi connectivity index (χ2n) is 4.28. The van der Waals surface area contributed by atoms with E-state index in [1.54, 1.807) is 0 Å². The van der Waals surface area contributed by atoms with E-state index in [2.05, 4.69) is 0 Å². The molecule has 0 amide bonds. The lowest BCUT2D eigenvalue weighted by Crippen LogP contribution is -2.03. The predicted molar refractivity (Wildman–Crippen MR) is 47.2 cm³/mol. The van der Waals surface area contributed by atoms with E-state index in [0.717, 1.165) is 24.3 Å². The molecule has 0 aliphatic heterocycles. The Hall–Kier alpha value is -0.0400. The molecule has 0 aromatic rings. The van der Waals surface area contributed by atoms with Crippen LogP contribution in [-0.2, 0) is 0 Å². The Morgan fingerprint density at radius 1 is 1.18 bits per heavy atom. The summed E-state index contributed by atoms with van der Waals surface area (Å²) in [5.41, 5.74) is 5.53. The van der Waals surface area contributed by atoms with Crippen molar-refractivity contribution in [2.45, 2.75) is 38.5 Å². The van der Waals surface area contributed by atoms with E-state index in [4.69, 9.17) is 5.73 Å². The van der Waals surface area contributed by atoms with Gasteiger partial charge in [-0.2, -0.15) is 0 Å². The molecular formula is C10H19N. The van der Waals surface area contributed by atoms with Crippen molar-refractivity contribution in [3.8, 4) is 0 Å². The third-order valence-corrected chi connectivity index (χ3v) is 3.52. The Morgan fingerprint density at radius 2 is 1.91 bits per heavy atom.